The molecule has 0 saturated carbocycles. The maximum absolute atomic E-state index is 12.9. The third-order valence-corrected chi connectivity index (χ3v) is 6.96. The number of halogens is 1. The standard InChI is InChI=1S/C16H12ClNOS3/c17-14-4-3-13(22-14)16(19)18-7-5-11-10(6-9-21-11)15(18)12-2-1-8-20-12/h1-4,6,8-9,15H,5,7H2/t15-/m1/s1. The molecule has 1 amide bonds. The van der Waals surface area contributed by atoms with Crippen molar-refractivity contribution in [3.8, 4) is 0 Å². The van der Waals surface area contributed by atoms with Crippen molar-refractivity contribution in [2.75, 3.05) is 6.54 Å². The van der Waals surface area contributed by atoms with Gasteiger partial charge in [-0.25, -0.2) is 0 Å². The fraction of sp³-hybridized carbons (Fsp3) is 0.188. The molecule has 6 heteroatoms. The Balaban J connectivity index is 1.76. The second-order valence-corrected chi connectivity index (χ2v) is 8.76. The average molecular weight is 366 g/mol. The lowest BCUT2D eigenvalue weighted by Crippen LogP contribution is -2.39. The van der Waals surface area contributed by atoms with Crippen LogP contribution in [0.25, 0.3) is 0 Å². The summed E-state index contributed by atoms with van der Waals surface area (Å²) < 4.78 is 0.657. The van der Waals surface area contributed by atoms with Gasteiger partial charge in [0.1, 0.15) is 0 Å². The third kappa shape index (κ3) is 2.42. The smallest absolute Gasteiger partial charge is 0.264 e. The number of fused-ring (bicyclic) bond motifs is 1. The van der Waals surface area contributed by atoms with Crippen LogP contribution in [0.3, 0.4) is 0 Å². The SMILES string of the molecule is O=C(c1ccc(Cl)s1)N1CCc2sccc2[C@@H]1c1cccs1. The summed E-state index contributed by atoms with van der Waals surface area (Å²) in [5, 5.41) is 4.20. The van der Waals surface area contributed by atoms with Gasteiger partial charge in [0, 0.05) is 16.3 Å². The van der Waals surface area contributed by atoms with E-state index in [0.29, 0.717) is 9.21 Å². The fourth-order valence-electron chi connectivity index (χ4n) is 2.86. The minimum absolute atomic E-state index is 0.0309. The Hall–Kier alpha value is -1.14. The van der Waals surface area contributed by atoms with Gasteiger partial charge in [0.25, 0.3) is 5.91 Å². The molecule has 0 aromatic carbocycles. The van der Waals surface area contributed by atoms with Crippen LogP contribution >= 0.6 is 45.6 Å². The molecule has 1 aliphatic rings. The van der Waals surface area contributed by atoms with Crippen LogP contribution in [-0.4, -0.2) is 17.4 Å². The van der Waals surface area contributed by atoms with Gasteiger partial charge in [0.2, 0.25) is 0 Å². The zero-order chi connectivity index (χ0) is 15.1. The molecule has 0 unspecified atom stereocenters. The molecular formula is C16H12ClNOS3. The van der Waals surface area contributed by atoms with E-state index in [9.17, 15) is 4.79 Å². The molecule has 112 valence electrons. The second-order valence-electron chi connectivity index (χ2n) is 5.07. The first-order valence-electron chi connectivity index (χ1n) is 6.90. The van der Waals surface area contributed by atoms with Gasteiger partial charge in [-0.2, -0.15) is 0 Å². The molecule has 0 spiro atoms. The molecule has 1 aliphatic heterocycles. The first-order valence-corrected chi connectivity index (χ1v) is 9.85. The molecule has 1 atom stereocenters. The lowest BCUT2D eigenvalue weighted by Gasteiger charge is -2.35. The van der Waals surface area contributed by atoms with Gasteiger partial charge in [0.15, 0.2) is 0 Å². The number of hydrogen-bond acceptors (Lipinski definition) is 4. The Bertz CT molecular complexity index is 805. The topological polar surface area (TPSA) is 20.3 Å². The largest absolute Gasteiger partial charge is 0.326 e. The summed E-state index contributed by atoms with van der Waals surface area (Å²) in [5.74, 6) is 0.0761. The van der Waals surface area contributed by atoms with Crippen LogP contribution in [0.2, 0.25) is 4.34 Å². The Morgan fingerprint density at radius 1 is 1.18 bits per heavy atom. The summed E-state index contributed by atoms with van der Waals surface area (Å²) in [6.07, 6.45) is 0.930. The molecule has 0 aliphatic carbocycles. The predicted octanol–water partition coefficient (Wildman–Crippen LogP) is 5.31. The van der Waals surface area contributed by atoms with Crippen LogP contribution in [0.1, 0.15) is 31.0 Å². The van der Waals surface area contributed by atoms with E-state index in [1.807, 2.05) is 17.0 Å². The lowest BCUT2D eigenvalue weighted by atomic mass is 9.98. The van der Waals surface area contributed by atoms with Crippen molar-refractivity contribution in [3.63, 3.8) is 0 Å². The average Bonchev–Trinajstić information content (AvgIpc) is 3.26. The van der Waals surface area contributed by atoms with Crippen LogP contribution in [-0.2, 0) is 6.42 Å². The molecule has 0 N–H and O–H groups in total. The van der Waals surface area contributed by atoms with Crippen molar-refractivity contribution in [3.05, 3.63) is 65.6 Å². The summed E-state index contributed by atoms with van der Waals surface area (Å²) in [6, 6.07) is 9.97. The van der Waals surface area contributed by atoms with Gasteiger partial charge >= 0.3 is 0 Å². The quantitative estimate of drug-likeness (QED) is 0.602. The van der Waals surface area contributed by atoms with Crippen LogP contribution in [0.5, 0.6) is 0 Å². The van der Waals surface area contributed by atoms with E-state index in [1.165, 1.54) is 26.7 Å². The van der Waals surface area contributed by atoms with E-state index in [1.54, 1.807) is 28.7 Å². The second kappa shape index (κ2) is 5.81. The number of thiophene rings is 3. The van der Waals surface area contributed by atoms with Crippen LogP contribution in [0, 0.1) is 0 Å². The summed E-state index contributed by atoms with van der Waals surface area (Å²) in [7, 11) is 0. The fourth-order valence-corrected chi connectivity index (χ4v) is 5.62. The highest BCUT2D eigenvalue weighted by atomic mass is 35.5. The van der Waals surface area contributed by atoms with Crippen molar-refractivity contribution in [2.24, 2.45) is 0 Å². The zero-order valence-electron chi connectivity index (χ0n) is 11.5. The normalized spacial score (nSPS) is 17.5. The van der Waals surface area contributed by atoms with Gasteiger partial charge in [-0.05, 0) is 47.0 Å². The molecule has 22 heavy (non-hydrogen) atoms. The van der Waals surface area contributed by atoms with E-state index in [2.05, 4.69) is 22.9 Å². The lowest BCUT2D eigenvalue weighted by molar-refractivity contribution is 0.0704. The molecule has 4 rings (SSSR count). The van der Waals surface area contributed by atoms with Crippen molar-refractivity contribution in [2.45, 2.75) is 12.5 Å². The van der Waals surface area contributed by atoms with E-state index < -0.39 is 0 Å². The van der Waals surface area contributed by atoms with Crippen molar-refractivity contribution in [1.82, 2.24) is 4.90 Å². The zero-order valence-corrected chi connectivity index (χ0v) is 14.7. The maximum Gasteiger partial charge on any atom is 0.264 e. The minimum Gasteiger partial charge on any atom is -0.326 e. The highest BCUT2D eigenvalue weighted by molar-refractivity contribution is 7.18. The molecule has 0 saturated heterocycles. The van der Waals surface area contributed by atoms with E-state index in [0.717, 1.165) is 13.0 Å². The van der Waals surface area contributed by atoms with Crippen LogP contribution < -0.4 is 0 Å². The monoisotopic (exact) mass is 365 g/mol. The summed E-state index contributed by atoms with van der Waals surface area (Å²) in [6.45, 7) is 0.754. The van der Waals surface area contributed by atoms with Gasteiger partial charge in [-0.3, -0.25) is 4.79 Å². The molecule has 0 bridgehead atoms. The van der Waals surface area contributed by atoms with Gasteiger partial charge in [-0.15, -0.1) is 34.0 Å². The number of carbonyl (C=O) groups excluding carboxylic acids is 1. The molecule has 3 aromatic heterocycles. The summed E-state index contributed by atoms with van der Waals surface area (Å²) >= 11 is 10.8. The molecule has 0 radical (unpaired) electrons. The number of rotatable bonds is 2. The molecule has 3 aromatic rings. The molecule has 2 nitrogen and oxygen atoms in total. The Morgan fingerprint density at radius 2 is 2.09 bits per heavy atom. The minimum atomic E-state index is 0.0309. The van der Waals surface area contributed by atoms with Crippen molar-refractivity contribution < 1.29 is 4.79 Å². The molecule has 4 heterocycles. The number of carbonyl (C=O) groups is 1. The van der Waals surface area contributed by atoms with Gasteiger partial charge in [0.05, 0.1) is 15.3 Å². The highest BCUT2D eigenvalue weighted by Gasteiger charge is 2.34. The first kappa shape index (κ1) is 14.5. The van der Waals surface area contributed by atoms with Gasteiger partial charge in [-0.1, -0.05) is 17.7 Å². The van der Waals surface area contributed by atoms with Gasteiger partial charge < -0.3 is 4.90 Å². The van der Waals surface area contributed by atoms with E-state index >= 15 is 0 Å². The van der Waals surface area contributed by atoms with Crippen molar-refractivity contribution >= 4 is 51.5 Å². The van der Waals surface area contributed by atoms with E-state index in [4.69, 9.17) is 11.6 Å². The molecule has 0 fully saturated rings. The third-order valence-electron chi connectivity index (χ3n) is 3.82. The Morgan fingerprint density at radius 3 is 2.82 bits per heavy atom. The number of amides is 1. The Labute approximate surface area is 145 Å². The summed E-state index contributed by atoms with van der Waals surface area (Å²) in [5.41, 5.74) is 1.27. The van der Waals surface area contributed by atoms with E-state index in [-0.39, 0.29) is 11.9 Å². The summed E-state index contributed by atoms with van der Waals surface area (Å²) in [4.78, 5) is 18.3. The number of nitrogens with zero attached hydrogens (tertiary/aromatic N) is 1. The van der Waals surface area contributed by atoms with Crippen LogP contribution in [0.4, 0.5) is 0 Å². The van der Waals surface area contributed by atoms with Crippen LogP contribution in [0.15, 0.2) is 41.1 Å². The van der Waals surface area contributed by atoms with Crippen molar-refractivity contribution in [1.29, 1.82) is 0 Å². The Kier molecular flexibility index (Phi) is 3.82. The number of hydrogen-bond donors (Lipinski definition) is 0. The molecular weight excluding hydrogens is 354 g/mol. The highest BCUT2D eigenvalue weighted by Crippen LogP contribution is 2.40. The predicted molar refractivity (Wildman–Crippen MR) is 94.6 cm³/mol. The maximum atomic E-state index is 12.9. The first-order chi connectivity index (χ1) is 10.7.